The van der Waals surface area contributed by atoms with Gasteiger partial charge in [0, 0.05) is 31.1 Å². The molecule has 164 valence electrons. The molecule has 0 spiro atoms. The number of hydrogen-bond acceptors (Lipinski definition) is 8. The fourth-order valence-electron chi connectivity index (χ4n) is 3.71. The minimum Gasteiger partial charge on any atom is -0.493 e. The molecule has 1 amide bonds. The molecule has 1 aliphatic rings. The van der Waals surface area contributed by atoms with Crippen molar-refractivity contribution in [2.75, 3.05) is 59.0 Å². The Hall–Kier alpha value is -2.91. The second-order valence-corrected chi connectivity index (χ2v) is 8.20. The number of benzene rings is 1. The van der Waals surface area contributed by atoms with Crippen molar-refractivity contribution in [3.05, 3.63) is 29.4 Å². The fraction of sp³-hybridized carbons (Fsp3) is 0.409. The number of anilines is 1. The number of carbonyl (C=O) groups is 1. The average molecular weight is 443 g/mol. The van der Waals surface area contributed by atoms with E-state index in [1.54, 1.807) is 25.6 Å². The first-order valence-electron chi connectivity index (χ1n) is 10.1. The summed E-state index contributed by atoms with van der Waals surface area (Å²) in [6, 6.07) is 5.83. The molecule has 0 aliphatic carbocycles. The first-order valence-corrected chi connectivity index (χ1v) is 10.9. The van der Waals surface area contributed by atoms with Crippen molar-refractivity contribution in [3.63, 3.8) is 0 Å². The Balaban J connectivity index is 1.72. The van der Waals surface area contributed by atoms with Crippen LogP contribution in [0, 0.1) is 6.92 Å². The molecule has 4 rings (SSSR count). The zero-order chi connectivity index (χ0) is 22.0. The molecule has 31 heavy (non-hydrogen) atoms. The van der Waals surface area contributed by atoms with Crippen molar-refractivity contribution in [2.24, 2.45) is 0 Å². The van der Waals surface area contributed by atoms with Crippen LogP contribution in [-0.4, -0.2) is 74.9 Å². The van der Waals surface area contributed by atoms with E-state index in [1.165, 1.54) is 0 Å². The third-order valence-corrected chi connectivity index (χ3v) is 6.19. The van der Waals surface area contributed by atoms with Gasteiger partial charge >= 0.3 is 0 Å². The molecule has 3 heterocycles. The normalized spacial score (nSPS) is 14.0. The third kappa shape index (κ3) is 4.28. The number of amides is 1. The van der Waals surface area contributed by atoms with Gasteiger partial charge in [0.1, 0.15) is 16.5 Å². The van der Waals surface area contributed by atoms with Gasteiger partial charge in [-0.15, -0.1) is 11.3 Å². The number of morpholine rings is 1. The van der Waals surface area contributed by atoms with E-state index < -0.39 is 0 Å². The molecule has 1 fully saturated rings. The molecule has 3 aromatic rings. The minimum atomic E-state index is 0.0677. The second-order valence-electron chi connectivity index (χ2n) is 7.34. The molecule has 1 aromatic carbocycles. The maximum absolute atomic E-state index is 12.8. The summed E-state index contributed by atoms with van der Waals surface area (Å²) in [7, 11) is 5.14. The van der Waals surface area contributed by atoms with Gasteiger partial charge in [-0.25, -0.2) is 9.97 Å². The lowest BCUT2D eigenvalue weighted by molar-refractivity contribution is -0.133. The number of hydrogen-bond donors (Lipinski definition) is 0. The van der Waals surface area contributed by atoms with Crippen molar-refractivity contribution in [1.82, 2.24) is 14.9 Å². The van der Waals surface area contributed by atoms with Crippen LogP contribution in [0.4, 0.5) is 5.82 Å². The highest BCUT2D eigenvalue weighted by atomic mass is 32.1. The van der Waals surface area contributed by atoms with Crippen molar-refractivity contribution in [2.45, 2.75) is 6.92 Å². The maximum atomic E-state index is 12.8. The van der Waals surface area contributed by atoms with Crippen molar-refractivity contribution in [1.29, 1.82) is 0 Å². The minimum absolute atomic E-state index is 0.0677. The molecule has 0 bridgehead atoms. The van der Waals surface area contributed by atoms with Gasteiger partial charge in [-0.05, 0) is 24.6 Å². The Morgan fingerprint density at radius 2 is 1.94 bits per heavy atom. The number of rotatable bonds is 6. The first kappa shape index (κ1) is 21.3. The third-order valence-electron chi connectivity index (χ3n) is 5.32. The smallest absolute Gasteiger partial charge is 0.242 e. The molecule has 1 aliphatic heterocycles. The molecule has 0 radical (unpaired) electrons. The quantitative estimate of drug-likeness (QED) is 0.581. The molecule has 0 N–H and O–H groups in total. The lowest BCUT2D eigenvalue weighted by atomic mass is 10.0. The molecule has 8 nitrogen and oxygen atoms in total. The molecular formula is C22H26N4O4S. The van der Waals surface area contributed by atoms with E-state index in [0.717, 1.165) is 27.2 Å². The van der Waals surface area contributed by atoms with E-state index in [9.17, 15) is 4.79 Å². The van der Waals surface area contributed by atoms with Crippen molar-refractivity contribution >= 4 is 33.3 Å². The Kier molecular flexibility index (Phi) is 6.24. The number of aryl methyl sites for hydroxylation is 1. The van der Waals surface area contributed by atoms with Gasteiger partial charge in [-0.1, -0.05) is 6.07 Å². The number of ether oxygens (including phenoxy) is 3. The Morgan fingerprint density at radius 1 is 1.19 bits per heavy atom. The van der Waals surface area contributed by atoms with E-state index in [1.807, 2.05) is 42.0 Å². The highest BCUT2D eigenvalue weighted by molar-refractivity contribution is 7.17. The van der Waals surface area contributed by atoms with E-state index >= 15 is 0 Å². The largest absolute Gasteiger partial charge is 0.493 e. The number of aromatic nitrogens is 2. The van der Waals surface area contributed by atoms with E-state index in [4.69, 9.17) is 19.2 Å². The Morgan fingerprint density at radius 3 is 2.65 bits per heavy atom. The summed E-state index contributed by atoms with van der Waals surface area (Å²) in [6.45, 7) is 4.53. The monoisotopic (exact) mass is 442 g/mol. The van der Waals surface area contributed by atoms with Crippen LogP contribution in [-0.2, 0) is 9.53 Å². The predicted molar refractivity (Wildman–Crippen MR) is 121 cm³/mol. The summed E-state index contributed by atoms with van der Waals surface area (Å²) >= 11 is 1.56. The average Bonchev–Trinajstić information content (AvgIpc) is 3.22. The molecule has 2 aromatic heterocycles. The molecular weight excluding hydrogens is 416 g/mol. The fourth-order valence-corrected chi connectivity index (χ4v) is 4.70. The number of fused-ring (bicyclic) bond motifs is 1. The van der Waals surface area contributed by atoms with Gasteiger partial charge in [0.15, 0.2) is 11.5 Å². The SMILES string of the molecule is COc1ccc(-c2csc3nc(C)nc(N(C)CC(=O)N4CCOCC4)c23)cc1OC. The van der Waals surface area contributed by atoms with Gasteiger partial charge < -0.3 is 24.0 Å². The maximum Gasteiger partial charge on any atom is 0.242 e. The van der Waals surface area contributed by atoms with Gasteiger partial charge in [0.25, 0.3) is 0 Å². The zero-order valence-electron chi connectivity index (χ0n) is 18.2. The van der Waals surface area contributed by atoms with Crippen molar-refractivity contribution in [3.8, 4) is 22.6 Å². The lowest BCUT2D eigenvalue weighted by Crippen LogP contribution is -2.45. The second kappa shape index (κ2) is 9.07. The van der Waals surface area contributed by atoms with Crippen LogP contribution in [0.25, 0.3) is 21.3 Å². The molecule has 0 saturated carbocycles. The molecule has 1 saturated heterocycles. The van der Waals surface area contributed by atoms with Gasteiger partial charge in [0.05, 0.1) is 39.4 Å². The molecule has 0 atom stereocenters. The zero-order valence-corrected chi connectivity index (χ0v) is 19.0. The number of thiophene rings is 1. The number of likely N-dealkylation sites (N-methyl/N-ethyl adjacent to an activating group) is 1. The van der Waals surface area contributed by atoms with E-state index in [2.05, 4.69) is 10.4 Å². The predicted octanol–water partition coefficient (Wildman–Crippen LogP) is 2.98. The van der Waals surface area contributed by atoms with Crippen LogP contribution >= 0.6 is 11.3 Å². The van der Waals surface area contributed by atoms with Crippen LogP contribution in [0.2, 0.25) is 0 Å². The number of carbonyl (C=O) groups excluding carboxylic acids is 1. The summed E-state index contributed by atoms with van der Waals surface area (Å²) in [5.41, 5.74) is 1.98. The summed E-state index contributed by atoms with van der Waals surface area (Å²) in [5.74, 6) is 2.82. The summed E-state index contributed by atoms with van der Waals surface area (Å²) in [5, 5.41) is 3.00. The van der Waals surface area contributed by atoms with Crippen LogP contribution in [0.15, 0.2) is 23.6 Å². The number of methoxy groups -OCH3 is 2. The Bertz CT molecular complexity index is 1090. The van der Waals surface area contributed by atoms with Gasteiger partial charge in [0.2, 0.25) is 5.91 Å². The van der Waals surface area contributed by atoms with Gasteiger partial charge in [-0.3, -0.25) is 4.79 Å². The lowest BCUT2D eigenvalue weighted by Gasteiger charge is -2.29. The number of nitrogens with zero attached hydrogens (tertiary/aromatic N) is 4. The van der Waals surface area contributed by atoms with Crippen LogP contribution in [0.1, 0.15) is 5.82 Å². The van der Waals surface area contributed by atoms with Crippen LogP contribution in [0.3, 0.4) is 0 Å². The Labute approximate surface area is 185 Å². The molecule has 9 heteroatoms. The summed E-state index contributed by atoms with van der Waals surface area (Å²) in [4.78, 5) is 26.8. The standard InChI is InChI=1S/C22H26N4O4S/c1-14-23-21(25(2)12-19(27)26-7-9-30-10-8-26)20-16(13-31-22(20)24-14)15-5-6-17(28-3)18(11-15)29-4/h5-6,11,13H,7-10,12H2,1-4H3. The highest BCUT2D eigenvalue weighted by Crippen LogP contribution is 2.40. The first-order chi connectivity index (χ1) is 15.0. The highest BCUT2D eigenvalue weighted by Gasteiger charge is 2.22. The van der Waals surface area contributed by atoms with E-state index in [-0.39, 0.29) is 12.5 Å². The summed E-state index contributed by atoms with van der Waals surface area (Å²) in [6.07, 6.45) is 0. The van der Waals surface area contributed by atoms with Gasteiger partial charge in [-0.2, -0.15) is 0 Å². The van der Waals surface area contributed by atoms with Crippen LogP contribution in [0.5, 0.6) is 11.5 Å². The molecule has 0 unspecified atom stereocenters. The topological polar surface area (TPSA) is 77.0 Å². The van der Waals surface area contributed by atoms with Crippen LogP contribution < -0.4 is 14.4 Å². The van der Waals surface area contributed by atoms with E-state index in [0.29, 0.717) is 43.6 Å². The van der Waals surface area contributed by atoms with Crippen molar-refractivity contribution < 1.29 is 19.0 Å². The summed E-state index contributed by atoms with van der Waals surface area (Å²) < 4.78 is 16.2.